The van der Waals surface area contributed by atoms with Gasteiger partial charge in [0.2, 0.25) is 5.91 Å². The quantitative estimate of drug-likeness (QED) is 0.824. The molecule has 3 nitrogen and oxygen atoms in total. The summed E-state index contributed by atoms with van der Waals surface area (Å²) < 4.78 is 13.4. The number of nitrogens with zero attached hydrogens (tertiary/aromatic N) is 1. The molecule has 0 bridgehead atoms. The third kappa shape index (κ3) is 3.31. The first kappa shape index (κ1) is 12.6. The highest BCUT2D eigenvalue weighted by molar-refractivity contribution is 5.76. The first-order valence-electron chi connectivity index (χ1n) is 5.40. The molecule has 0 atom stereocenters. The zero-order valence-corrected chi connectivity index (χ0v) is 9.45. The lowest BCUT2D eigenvalue weighted by Crippen LogP contribution is -2.31. The van der Waals surface area contributed by atoms with Gasteiger partial charge in [0.05, 0.1) is 0 Å². The standard InChI is InChI=1S/C12H17FN2O/c1-2-15(12(16)7-8-14)9-10-5-3-4-6-11(10)13/h3-6H,2,7-9,14H2,1H3. The maximum absolute atomic E-state index is 13.4. The smallest absolute Gasteiger partial charge is 0.224 e. The second-order valence-electron chi connectivity index (χ2n) is 3.54. The van der Waals surface area contributed by atoms with Crippen LogP contribution in [-0.4, -0.2) is 23.9 Å². The van der Waals surface area contributed by atoms with Crippen molar-refractivity contribution in [3.8, 4) is 0 Å². The molecule has 0 unspecified atom stereocenters. The van der Waals surface area contributed by atoms with Crippen LogP contribution in [0.25, 0.3) is 0 Å². The van der Waals surface area contributed by atoms with Crippen LogP contribution in [0.1, 0.15) is 18.9 Å². The van der Waals surface area contributed by atoms with Crippen molar-refractivity contribution in [1.29, 1.82) is 0 Å². The summed E-state index contributed by atoms with van der Waals surface area (Å²) >= 11 is 0. The van der Waals surface area contributed by atoms with E-state index in [0.717, 1.165) is 0 Å². The number of rotatable bonds is 5. The van der Waals surface area contributed by atoms with Gasteiger partial charge in [-0.3, -0.25) is 4.79 Å². The van der Waals surface area contributed by atoms with Crippen molar-refractivity contribution in [2.24, 2.45) is 5.73 Å². The molecule has 0 aromatic heterocycles. The summed E-state index contributed by atoms with van der Waals surface area (Å²) in [5.41, 5.74) is 5.86. The molecular formula is C12H17FN2O. The van der Waals surface area contributed by atoms with Crippen LogP contribution in [0.4, 0.5) is 4.39 Å². The Labute approximate surface area is 95.0 Å². The number of hydrogen-bond donors (Lipinski definition) is 1. The van der Waals surface area contributed by atoms with Gasteiger partial charge in [0.25, 0.3) is 0 Å². The Kier molecular flexibility index (Phi) is 4.92. The Morgan fingerprint density at radius 2 is 2.12 bits per heavy atom. The highest BCUT2D eigenvalue weighted by Crippen LogP contribution is 2.10. The average Bonchev–Trinajstić information content (AvgIpc) is 2.28. The molecule has 4 heteroatoms. The predicted molar refractivity (Wildman–Crippen MR) is 61.2 cm³/mol. The fraction of sp³-hybridized carbons (Fsp3) is 0.417. The van der Waals surface area contributed by atoms with Crippen LogP contribution in [0.5, 0.6) is 0 Å². The Morgan fingerprint density at radius 3 is 2.69 bits per heavy atom. The number of carbonyl (C=O) groups is 1. The number of hydrogen-bond acceptors (Lipinski definition) is 2. The van der Waals surface area contributed by atoms with Crippen LogP contribution in [0.2, 0.25) is 0 Å². The lowest BCUT2D eigenvalue weighted by Gasteiger charge is -2.20. The van der Waals surface area contributed by atoms with E-state index in [-0.39, 0.29) is 11.7 Å². The molecule has 88 valence electrons. The molecule has 1 aromatic rings. The van der Waals surface area contributed by atoms with Gasteiger partial charge in [0.1, 0.15) is 5.82 Å². The second-order valence-corrected chi connectivity index (χ2v) is 3.54. The summed E-state index contributed by atoms with van der Waals surface area (Å²) in [5.74, 6) is -0.310. The molecule has 0 saturated heterocycles. The van der Waals surface area contributed by atoms with Crippen molar-refractivity contribution in [1.82, 2.24) is 4.90 Å². The molecule has 0 spiro atoms. The van der Waals surface area contributed by atoms with Crippen molar-refractivity contribution in [2.45, 2.75) is 19.9 Å². The Morgan fingerprint density at radius 1 is 1.44 bits per heavy atom. The Bertz CT molecular complexity index is 355. The summed E-state index contributed by atoms with van der Waals surface area (Å²) in [6.07, 6.45) is 0.308. The molecule has 2 N–H and O–H groups in total. The van der Waals surface area contributed by atoms with E-state index in [1.807, 2.05) is 6.92 Å². The molecule has 0 heterocycles. The SMILES string of the molecule is CCN(Cc1ccccc1F)C(=O)CCN. The lowest BCUT2D eigenvalue weighted by molar-refractivity contribution is -0.131. The molecule has 0 aliphatic rings. The van der Waals surface area contributed by atoms with E-state index in [9.17, 15) is 9.18 Å². The van der Waals surface area contributed by atoms with Crippen LogP contribution in [0, 0.1) is 5.82 Å². The zero-order chi connectivity index (χ0) is 12.0. The number of benzene rings is 1. The highest BCUT2D eigenvalue weighted by atomic mass is 19.1. The van der Waals surface area contributed by atoms with Gasteiger partial charge in [-0.25, -0.2) is 4.39 Å². The second kappa shape index (κ2) is 6.23. The third-order valence-corrected chi connectivity index (χ3v) is 2.41. The summed E-state index contributed by atoms with van der Waals surface area (Å²) in [6.45, 7) is 3.07. The van der Waals surface area contributed by atoms with Gasteiger partial charge in [-0.1, -0.05) is 18.2 Å². The van der Waals surface area contributed by atoms with E-state index < -0.39 is 0 Å². The number of amides is 1. The van der Waals surface area contributed by atoms with E-state index in [1.165, 1.54) is 6.07 Å². The van der Waals surface area contributed by atoms with Crippen molar-refractivity contribution in [2.75, 3.05) is 13.1 Å². The highest BCUT2D eigenvalue weighted by Gasteiger charge is 2.12. The third-order valence-electron chi connectivity index (χ3n) is 2.41. The summed E-state index contributed by atoms with van der Waals surface area (Å²) in [7, 11) is 0. The molecule has 1 amide bonds. The van der Waals surface area contributed by atoms with Crippen LogP contribution >= 0.6 is 0 Å². The topological polar surface area (TPSA) is 46.3 Å². The molecule has 1 rings (SSSR count). The first-order valence-corrected chi connectivity index (χ1v) is 5.40. The Hall–Kier alpha value is -1.42. The molecule has 1 aromatic carbocycles. The number of nitrogens with two attached hydrogens (primary N) is 1. The number of halogens is 1. The maximum Gasteiger partial charge on any atom is 0.224 e. The van der Waals surface area contributed by atoms with E-state index in [1.54, 1.807) is 23.1 Å². The van der Waals surface area contributed by atoms with E-state index in [2.05, 4.69) is 0 Å². The number of carbonyl (C=O) groups excluding carboxylic acids is 1. The molecule has 0 aliphatic heterocycles. The van der Waals surface area contributed by atoms with Crippen LogP contribution in [0.3, 0.4) is 0 Å². The van der Waals surface area contributed by atoms with Crippen molar-refractivity contribution in [3.05, 3.63) is 35.6 Å². The molecule has 0 radical (unpaired) electrons. The van der Waals surface area contributed by atoms with E-state index in [4.69, 9.17) is 5.73 Å². The van der Waals surface area contributed by atoms with Crippen LogP contribution < -0.4 is 5.73 Å². The largest absolute Gasteiger partial charge is 0.339 e. The normalized spacial score (nSPS) is 10.2. The van der Waals surface area contributed by atoms with E-state index in [0.29, 0.717) is 31.6 Å². The minimum Gasteiger partial charge on any atom is -0.339 e. The maximum atomic E-state index is 13.4. The van der Waals surface area contributed by atoms with Gasteiger partial charge in [0.15, 0.2) is 0 Å². The predicted octanol–water partition coefficient (Wildman–Crippen LogP) is 1.52. The molecule has 0 saturated carbocycles. The zero-order valence-electron chi connectivity index (χ0n) is 9.45. The Balaban J connectivity index is 2.70. The van der Waals surface area contributed by atoms with Gasteiger partial charge in [-0.05, 0) is 13.0 Å². The molecule has 16 heavy (non-hydrogen) atoms. The summed E-state index contributed by atoms with van der Waals surface area (Å²) in [4.78, 5) is 13.2. The fourth-order valence-corrected chi connectivity index (χ4v) is 1.49. The molecular weight excluding hydrogens is 207 g/mol. The van der Waals surface area contributed by atoms with Crippen molar-refractivity contribution >= 4 is 5.91 Å². The lowest BCUT2D eigenvalue weighted by atomic mass is 10.2. The summed E-state index contributed by atoms with van der Waals surface area (Å²) in [5, 5.41) is 0. The first-order chi connectivity index (χ1) is 7.69. The van der Waals surface area contributed by atoms with Gasteiger partial charge in [-0.15, -0.1) is 0 Å². The fourth-order valence-electron chi connectivity index (χ4n) is 1.49. The van der Waals surface area contributed by atoms with Gasteiger partial charge in [0, 0.05) is 31.6 Å². The van der Waals surface area contributed by atoms with Crippen molar-refractivity contribution in [3.63, 3.8) is 0 Å². The van der Waals surface area contributed by atoms with E-state index >= 15 is 0 Å². The molecule has 0 aliphatic carbocycles. The van der Waals surface area contributed by atoms with Crippen molar-refractivity contribution < 1.29 is 9.18 Å². The average molecular weight is 224 g/mol. The minimum atomic E-state index is -0.276. The molecule has 0 fully saturated rings. The van der Waals surface area contributed by atoms with Gasteiger partial charge < -0.3 is 10.6 Å². The van der Waals surface area contributed by atoms with Crippen LogP contribution in [-0.2, 0) is 11.3 Å². The van der Waals surface area contributed by atoms with Gasteiger partial charge in [-0.2, -0.15) is 0 Å². The minimum absolute atomic E-state index is 0.0340. The summed E-state index contributed by atoms with van der Waals surface area (Å²) in [6, 6.07) is 6.49. The monoisotopic (exact) mass is 224 g/mol. The van der Waals surface area contributed by atoms with Gasteiger partial charge >= 0.3 is 0 Å². The van der Waals surface area contributed by atoms with Crippen LogP contribution in [0.15, 0.2) is 24.3 Å².